The van der Waals surface area contributed by atoms with E-state index in [1.54, 1.807) is 0 Å². The highest BCUT2D eigenvalue weighted by molar-refractivity contribution is 5.83. The van der Waals surface area contributed by atoms with Crippen LogP contribution in [0.4, 0.5) is 0 Å². The van der Waals surface area contributed by atoms with Gasteiger partial charge in [-0.1, -0.05) is 45.9 Å². The van der Waals surface area contributed by atoms with Crippen LogP contribution in [-0.4, -0.2) is 44.5 Å². The molecule has 0 spiro atoms. The average Bonchev–Trinajstić information content (AvgIpc) is 3.26. The maximum atomic E-state index is 5.65. The van der Waals surface area contributed by atoms with E-state index in [-0.39, 0.29) is 0 Å². The molecule has 6 nitrogen and oxygen atoms in total. The molecule has 2 aromatic heterocycles. The number of aromatic nitrogens is 4. The summed E-state index contributed by atoms with van der Waals surface area (Å²) in [6.07, 6.45) is 2.15. The third-order valence-electron chi connectivity index (χ3n) is 5.34. The lowest BCUT2D eigenvalue weighted by molar-refractivity contribution is 0.178. The van der Waals surface area contributed by atoms with Gasteiger partial charge >= 0.3 is 0 Å². The second-order valence-electron chi connectivity index (χ2n) is 8.37. The minimum atomic E-state index is 0.341. The predicted octanol–water partition coefficient (Wildman–Crippen LogP) is 4.37. The van der Waals surface area contributed by atoms with Crippen molar-refractivity contribution in [3.05, 3.63) is 35.9 Å². The first-order chi connectivity index (χ1) is 13.0. The molecule has 1 saturated heterocycles. The van der Waals surface area contributed by atoms with Crippen LogP contribution in [0.2, 0.25) is 0 Å². The number of likely N-dealkylation sites (tertiary alicyclic amines) is 1. The van der Waals surface area contributed by atoms with Gasteiger partial charge in [-0.2, -0.15) is 14.8 Å². The van der Waals surface area contributed by atoms with Gasteiger partial charge in [0.25, 0.3) is 5.95 Å². The van der Waals surface area contributed by atoms with E-state index in [2.05, 4.69) is 49.9 Å². The average molecular weight is 367 g/mol. The van der Waals surface area contributed by atoms with Gasteiger partial charge in [0.05, 0.1) is 11.2 Å². The number of hydrogen-bond donors (Lipinski definition) is 0. The second-order valence-corrected chi connectivity index (χ2v) is 8.37. The second kappa shape index (κ2) is 7.43. The van der Waals surface area contributed by atoms with Crippen LogP contribution in [0.5, 0.6) is 0 Å². The maximum absolute atomic E-state index is 5.65. The van der Waals surface area contributed by atoms with E-state index in [1.165, 1.54) is 6.54 Å². The monoisotopic (exact) mass is 367 g/mol. The third kappa shape index (κ3) is 3.63. The van der Waals surface area contributed by atoms with Gasteiger partial charge in [0.2, 0.25) is 5.89 Å². The molecule has 0 aliphatic carbocycles. The van der Waals surface area contributed by atoms with Crippen molar-refractivity contribution >= 4 is 10.9 Å². The summed E-state index contributed by atoms with van der Waals surface area (Å²) in [6, 6.07) is 8.25. The lowest BCUT2D eigenvalue weighted by atomic mass is 9.96. The maximum Gasteiger partial charge on any atom is 0.291 e. The van der Waals surface area contributed by atoms with Crippen molar-refractivity contribution in [3.63, 3.8) is 0 Å². The first kappa shape index (κ1) is 18.2. The molecule has 0 atom stereocenters. The number of piperidine rings is 1. The Morgan fingerprint density at radius 2 is 1.85 bits per heavy atom. The molecule has 0 radical (unpaired) electrons. The topological polar surface area (TPSA) is 60.0 Å². The molecule has 0 unspecified atom stereocenters. The molecule has 3 heterocycles. The number of fused-ring (bicyclic) bond motifs is 1. The van der Waals surface area contributed by atoms with E-state index in [4.69, 9.17) is 14.6 Å². The smallest absolute Gasteiger partial charge is 0.291 e. The Morgan fingerprint density at radius 3 is 2.56 bits per heavy atom. The van der Waals surface area contributed by atoms with Crippen molar-refractivity contribution in [3.8, 4) is 5.95 Å². The van der Waals surface area contributed by atoms with Gasteiger partial charge in [0, 0.05) is 17.8 Å². The summed E-state index contributed by atoms with van der Waals surface area (Å²) >= 11 is 0. The molecule has 0 saturated carbocycles. The van der Waals surface area contributed by atoms with Crippen molar-refractivity contribution in [1.29, 1.82) is 0 Å². The molecular weight excluding hydrogens is 338 g/mol. The molecule has 1 aromatic carbocycles. The fourth-order valence-electron chi connectivity index (χ4n) is 4.03. The Labute approximate surface area is 160 Å². The van der Waals surface area contributed by atoms with E-state index < -0.39 is 0 Å². The number of hydrogen-bond acceptors (Lipinski definition) is 5. The van der Waals surface area contributed by atoms with Crippen LogP contribution in [-0.2, 0) is 0 Å². The summed E-state index contributed by atoms with van der Waals surface area (Å²) in [6.45, 7) is 12.2. The largest absolute Gasteiger partial charge is 0.337 e. The normalized spacial score (nSPS) is 16.8. The van der Waals surface area contributed by atoms with Gasteiger partial charge in [0.1, 0.15) is 0 Å². The summed E-state index contributed by atoms with van der Waals surface area (Å²) in [5, 5.41) is 10.2. The zero-order valence-corrected chi connectivity index (χ0v) is 16.7. The van der Waals surface area contributed by atoms with Crippen LogP contribution in [0.1, 0.15) is 64.0 Å². The first-order valence-corrected chi connectivity index (χ1v) is 10.1. The van der Waals surface area contributed by atoms with Gasteiger partial charge < -0.3 is 9.42 Å². The van der Waals surface area contributed by atoms with Crippen LogP contribution in [0.25, 0.3) is 16.9 Å². The summed E-state index contributed by atoms with van der Waals surface area (Å²) < 4.78 is 7.48. The molecule has 144 valence electrons. The van der Waals surface area contributed by atoms with Crippen LogP contribution < -0.4 is 0 Å². The van der Waals surface area contributed by atoms with Gasteiger partial charge in [-0.05, 0) is 49.0 Å². The van der Waals surface area contributed by atoms with E-state index in [1.807, 2.05) is 16.8 Å². The molecule has 0 amide bonds. The Bertz CT molecular complexity index is 902. The Kier molecular flexibility index (Phi) is 5.00. The lowest BCUT2D eigenvalue weighted by Gasteiger charge is -2.31. The van der Waals surface area contributed by atoms with E-state index in [0.29, 0.717) is 23.7 Å². The molecule has 3 aromatic rings. The van der Waals surface area contributed by atoms with Crippen molar-refractivity contribution < 1.29 is 4.52 Å². The summed E-state index contributed by atoms with van der Waals surface area (Å²) in [7, 11) is 0. The Morgan fingerprint density at radius 1 is 1.11 bits per heavy atom. The Hall–Kier alpha value is -2.21. The van der Waals surface area contributed by atoms with Crippen molar-refractivity contribution in [2.75, 3.05) is 19.6 Å². The molecular formula is C21H29N5O. The van der Waals surface area contributed by atoms with Gasteiger partial charge in [-0.15, -0.1) is 0 Å². The summed E-state index contributed by atoms with van der Waals surface area (Å²) in [4.78, 5) is 7.25. The molecule has 6 heteroatoms. The molecule has 0 bridgehead atoms. The van der Waals surface area contributed by atoms with Crippen molar-refractivity contribution in [2.24, 2.45) is 5.92 Å². The molecule has 1 aliphatic heterocycles. The fraction of sp³-hybridized carbons (Fsp3) is 0.571. The predicted molar refractivity (Wildman–Crippen MR) is 106 cm³/mol. The molecule has 1 fully saturated rings. The lowest BCUT2D eigenvalue weighted by Crippen LogP contribution is -2.35. The van der Waals surface area contributed by atoms with Gasteiger partial charge in [-0.3, -0.25) is 0 Å². The minimum absolute atomic E-state index is 0.341. The minimum Gasteiger partial charge on any atom is -0.337 e. The summed E-state index contributed by atoms with van der Waals surface area (Å²) in [5.74, 6) is 2.69. The van der Waals surface area contributed by atoms with Gasteiger partial charge in [0.15, 0.2) is 0 Å². The highest BCUT2D eigenvalue weighted by Crippen LogP contribution is 2.29. The number of benzene rings is 1. The van der Waals surface area contributed by atoms with Crippen LogP contribution in [0.15, 0.2) is 28.8 Å². The fourth-order valence-corrected chi connectivity index (χ4v) is 4.03. The zero-order chi connectivity index (χ0) is 19.0. The number of nitrogens with zero attached hydrogens (tertiary/aromatic N) is 5. The van der Waals surface area contributed by atoms with Crippen LogP contribution in [0.3, 0.4) is 0 Å². The standard InChI is InChI=1S/C21H29N5O/c1-14(2)13-25-11-9-16(10-12-25)20-22-21(24-27-20)26-18-8-6-5-7-17(18)19(23-26)15(3)4/h5-8,14-16H,9-13H2,1-4H3. The molecule has 4 rings (SSSR count). The highest BCUT2D eigenvalue weighted by Gasteiger charge is 2.26. The molecule has 27 heavy (non-hydrogen) atoms. The number of para-hydroxylation sites is 1. The quantitative estimate of drug-likeness (QED) is 0.670. The van der Waals surface area contributed by atoms with E-state index >= 15 is 0 Å². The highest BCUT2D eigenvalue weighted by atomic mass is 16.5. The van der Waals surface area contributed by atoms with Crippen LogP contribution in [0, 0.1) is 5.92 Å². The summed E-state index contributed by atoms with van der Waals surface area (Å²) in [5.41, 5.74) is 2.10. The third-order valence-corrected chi connectivity index (χ3v) is 5.34. The van der Waals surface area contributed by atoms with Crippen molar-refractivity contribution in [1.82, 2.24) is 24.8 Å². The SMILES string of the molecule is CC(C)CN1CCC(c2nc(-n3nc(C(C)C)c4ccccc43)no2)CC1. The molecule has 1 aliphatic rings. The molecule has 0 N–H and O–H groups in total. The van der Waals surface area contributed by atoms with Crippen molar-refractivity contribution in [2.45, 2.75) is 52.4 Å². The van der Waals surface area contributed by atoms with E-state index in [9.17, 15) is 0 Å². The van der Waals surface area contributed by atoms with E-state index in [0.717, 1.165) is 48.4 Å². The number of rotatable bonds is 5. The van der Waals surface area contributed by atoms with Gasteiger partial charge in [-0.25, -0.2) is 0 Å². The van der Waals surface area contributed by atoms with Crippen LogP contribution >= 0.6 is 0 Å². The zero-order valence-electron chi connectivity index (χ0n) is 16.7. The Balaban J connectivity index is 1.56. The first-order valence-electron chi connectivity index (χ1n) is 10.1.